The maximum absolute atomic E-state index is 10.9. The number of rotatable bonds is 8. The molecule has 0 aliphatic carbocycles. The molecule has 1 saturated heterocycles. The zero-order valence-corrected chi connectivity index (χ0v) is 17.9. The molecule has 1 fully saturated rings. The van der Waals surface area contributed by atoms with Gasteiger partial charge in [0.25, 0.3) is 0 Å². The van der Waals surface area contributed by atoms with E-state index in [0.29, 0.717) is 13.0 Å². The molecule has 23 heavy (non-hydrogen) atoms. The van der Waals surface area contributed by atoms with Crippen LogP contribution in [0.1, 0.15) is 40.0 Å². The monoisotopic (exact) mass is 372 g/mol. The van der Waals surface area contributed by atoms with E-state index in [4.69, 9.17) is 4.43 Å². The number of thioether (sulfide) groups is 2. The summed E-state index contributed by atoms with van der Waals surface area (Å²) >= 11 is 3.89. The van der Waals surface area contributed by atoms with Crippen LogP contribution in [0.4, 0.5) is 0 Å². The summed E-state index contributed by atoms with van der Waals surface area (Å²) in [5.41, 5.74) is 0. The lowest BCUT2D eigenvalue weighted by Gasteiger charge is -2.35. The standard InChI is InChI=1S/C18H32O2S2Si/c1-17(2,3)23(4,5)20-14-9-7-6-8-11-18(12-13-19)21-15-10-16-22-18/h6-9,13H,10-12,14-16H2,1-5H3/b8-6-,9-7+. The molecule has 2 nitrogen and oxygen atoms in total. The van der Waals surface area contributed by atoms with Crippen molar-refractivity contribution in [3.8, 4) is 0 Å². The van der Waals surface area contributed by atoms with Gasteiger partial charge in [-0.05, 0) is 42.5 Å². The molecule has 0 aromatic carbocycles. The minimum atomic E-state index is -1.64. The molecule has 132 valence electrons. The van der Waals surface area contributed by atoms with Gasteiger partial charge in [0.1, 0.15) is 6.29 Å². The van der Waals surface area contributed by atoms with Gasteiger partial charge in [-0.1, -0.05) is 45.1 Å². The molecule has 0 radical (unpaired) electrons. The summed E-state index contributed by atoms with van der Waals surface area (Å²) in [7, 11) is -1.64. The van der Waals surface area contributed by atoms with E-state index in [-0.39, 0.29) is 9.12 Å². The number of hydrogen-bond acceptors (Lipinski definition) is 4. The largest absolute Gasteiger partial charge is 0.413 e. The van der Waals surface area contributed by atoms with Crippen molar-refractivity contribution >= 4 is 38.1 Å². The third-order valence-corrected chi connectivity index (χ3v) is 12.5. The zero-order valence-electron chi connectivity index (χ0n) is 15.3. The molecule has 1 rings (SSSR count). The summed E-state index contributed by atoms with van der Waals surface area (Å²) in [6, 6.07) is 0. The predicted molar refractivity (Wildman–Crippen MR) is 109 cm³/mol. The summed E-state index contributed by atoms with van der Waals surface area (Å²) in [5.74, 6) is 2.34. The Morgan fingerprint density at radius 3 is 2.26 bits per heavy atom. The summed E-state index contributed by atoms with van der Waals surface area (Å²) in [5, 5.41) is 0.257. The highest BCUT2D eigenvalue weighted by Crippen LogP contribution is 2.47. The first-order chi connectivity index (χ1) is 10.7. The van der Waals surface area contributed by atoms with E-state index < -0.39 is 8.32 Å². The number of aldehydes is 1. The highest BCUT2D eigenvalue weighted by Gasteiger charge is 2.36. The van der Waals surface area contributed by atoms with Gasteiger partial charge in [-0.2, -0.15) is 0 Å². The molecular formula is C18H32O2S2Si. The van der Waals surface area contributed by atoms with Crippen molar-refractivity contribution in [2.75, 3.05) is 18.1 Å². The topological polar surface area (TPSA) is 26.3 Å². The van der Waals surface area contributed by atoms with Crippen LogP contribution in [0.15, 0.2) is 24.3 Å². The van der Waals surface area contributed by atoms with Crippen LogP contribution in [0.5, 0.6) is 0 Å². The fourth-order valence-electron chi connectivity index (χ4n) is 2.00. The van der Waals surface area contributed by atoms with Gasteiger partial charge < -0.3 is 9.22 Å². The zero-order chi connectivity index (χ0) is 17.4. The number of allylic oxidation sites excluding steroid dienone is 3. The van der Waals surface area contributed by atoms with Crippen LogP contribution in [0.2, 0.25) is 18.1 Å². The van der Waals surface area contributed by atoms with Gasteiger partial charge in [0.05, 0.1) is 10.7 Å². The van der Waals surface area contributed by atoms with Crippen molar-refractivity contribution in [3.63, 3.8) is 0 Å². The molecule has 0 aromatic rings. The second-order valence-electron chi connectivity index (χ2n) is 7.46. The van der Waals surface area contributed by atoms with Gasteiger partial charge in [-0.25, -0.2) is 0 Å². The van der Waals surface area contributed by atoms with Crippen LogP contribution >= 0.6 is 23.5 Å². The average molecular weight is 373 g/mol. The lowest BCUT2D eigenvalue weighted by molar-refractivity contribution is -0.107. The molecule has 0 spiro atoms. The normalized spacial score (nSPS) is 19.5. The first-order valence-corrected chi connectivity index (χ1v) is 13.3. The van der Waals surface area contributed by atoms with E-state index in [1.807, 2.05) is 23.5 Å². The third-order valence-electron chi connectivity index (χ3n) is 4.57. The Hall–Kier alpha value is 0.0269. The molecule has 1 aliphatic heterocycles. The highest BCUT2D eigenvalue weighted by molar-refractivity contribution is 8.18. The number of carbonyl (C=O) groups is 1. The van der Waals surface area contributed by atoms with Crippen molar-refractivity contribution in [2.24, 2.45) is 0 Å². The Kier molecular flexibility index (Phi) is 8.70. The van der Waals surface area contributed by atoms with Crippen molar-refractivity contribution < 1.29 is 9.22 Å². The van der Waals surface area contributed by atoms with Crippen LogP contribution < -0.4 is 0 Å². The van der Waals surface area contributed by atoms with Gasteiger partial charge in [-0.3, -0.25) is 0 Å². The van der Waals surface area contributed by atoms with Crippen LogP contribution in [-0.2, 0) is 9.22 Å². The fourth-order valence-corrected chi connectivity index (χ4v) is 6.08. The Morgan fingerprint density at radius 1 is 1.09 bits per heavy atom. The first kappa shape index (κ1) is 21.1. The average Bonchev–Trinajstić information content (AvgIpc) is 2.46. The SMILES string of the molecule is CC(C)(C)[Si](C)(C)OC/C=C/C=C\CC1(CC=O)SCCCS1. The Bertz CT molecular complexity index is 419. The third kappa shape index (κ3) is 7.20. The smallest absolute Gasteiger partial charge is 0.192 e. The van der Waals surface area contributed by atoms with Gasteiger partial charge in [0.15, 0.2) is 8.32 Å². The van der Waals surface area contributed by atoms with E-state index in [9.17, 15) is 4.79 Å². The molecule has 0 aromatic heterocycles. The maximum atomic E-state index is 10.9. The molecule has 0 amide bonds. The quantitative estimate of drug-likeness (QED) is 0.312. The van der Waals surface area contributed by atoms with E-state index in [2.05, 4.69) is 58.2 Å². The van der Waals surface area contributed by atoms with Gasteiger partial charge in [0, 0.05) is 6.42 Å². The fraction of sp³-hybridized carbons (Fsp3) is 0.722. The van der Waals surface area contributed by atoms with Gasteiger partial charge in [0.2, 0.25) is 0 Å². The Morgan fingerprint density at radius 2 is 1.70 bits per heavy atom. The Labute approximate surface area is 152 Å². The van der Waals surface area contributed by atoms with Crippen LogP contribution in [0.3, 0.4) is 0 Å². The Balaban J connectivity index is 2.39. The van der Waals surface area contributed by atoms with Crippen molar-refractivity contribution in [3.05, 3.63) is 24.3 Å². The number of hydrogen-bond donors (Lipinski definition) is 0. The number of carbonyl (C=O) groups excluding carboxylic acids is 1. The molecule has 0 N–H and O–H groups in total. The summed E-state index contributed by atoms with van der Waals surface area (Å²) in [4.78, 5) is 10.9. The molecule has 5 heteroatoms. The predicted octanol–water partition coefficient (Wildman–Crippen LogP) is 5.67. The lowest BCUT2D eigenvalue weighted by atomic mass is 10.2. The molecule has 1 heterocycles. The summed E-state index contributed by atoms with van der Waals surface area (Å²) in [6.07, 6.45) is 12.4. The minimum absolute atomic E-state index is 0.0714. The molecule has 1 aliphatic rings. The van der Waals surface area contributed by atoms with E-state index in [1.165, 1.54) is 17.9 Å². The van der Waals surface area contributed by atoms with Crippen LogP contribution in [-0.4, -0.2) is 36.8 Å². The lowest BCUT2D eigenvalue weighted by Crippen LogP contribution is -2.40. The minimum Gasteiger partial charge on any atom is -0.413 e. The first-order valence-electron chi connectivity index (χ1n) is 8.40. The highest BCUT2D eigenvalue weighted by atomic mass is 32.2. The second kappa shape index (κ2) is 9.49. The van der Waals surface area contributed by atoms with E-state index in [0.717, 1.165) is 12.7 Å². The van der Waals surface area contributed by atoms with Crippen molar-refractivity contribution in [1.29, 1.82) is 0 Å². The van der Waals surface area contributed by atoms with Crippen molar-refractivity contribution in [2.45, 2.75) is 62.2 Å². The van der Waals surface area contributed by atoms with E-state index >= 15 is 0 Å². The van der Waals surface area contributed by atoms with Gasteiger partial charge >= 0.3 is 0 Å². The van der Waals surface area contributed by atoms with Crippen LogP contribution in [0.25, 0.3) is 0 Å². The second-order valence-corrected chi connectivity index (χ2v) is 15.5. The summed E-state index contributed by atoms with van der Waals surface area (Å²) < 4.78 is 6.18. The molecular weight excluding hydrogens is 340 g/mol. The summed E-state index contributed by atoms with van der Waals surface area (Å²) in [6.45, 7) is 12.0. The molecule has 0 unspecified atom stereocenters. The maximum Gasteiger partial charge on any atom is 0.192 e. The molecule has 0 bridgehead atoms. The molecule has 0 saturated carbocycles. The van der Waals surface area contributed by atoms with Crippen molar-refractivity contribution in [1.82, 2.24) is 0 Å². The van der Waals surface area contributed by atoms with Crippen LogP contribution in [0, 0.1) is 0 Å². The molecule has 0 atom stereocenters. The van der Waals surface area contributed by atoms with Gasteiger partial charge in [-0.15, -0.1) is 23.5 Å². The van der Waals surface area contributed by atoms with E-state index in [1.54, 1.807) is 0 Å².